The SMILES string of the molecule is CCOc1ccc(NC(=S)/N=C(/Nc2nc(C)cc(C)n2)N2CCN(C(c3ccc(F)cc3)c3ccc(F)cc3)CC2)cc1. The summed E-state index contributed by atoms with van der Waals surface area (Å²) in [6.07, 6.45) is 0. The molecule has 0 amide bonds. The molecule has 8 nitrogen and oxygen atoms in total. The molecule has 0 unspecified atom stereocenters. The fourth-order valence-corrected chi connectivity index (χ4v) is 5.41. The first-order valence-electron chi connectivity index (χ1n) is 14.5. The van der Waals surface area contributed by atoms with Gasteiger partial charge >= 0.3 is 0 Å². The largest absolute Gasteiger partial charge is 0.494 e. The van der Waals surface area contributed by atoms with Gasteiger partial charge in [0.2, 0.25) is 17.0 Å². The molecule has 0 atom stereocenters. The van der Waals surface area contributed by atoms with Crippen LogP contribution in [0, 0.1) is 25.5 Å². The van der Waals surface area contributed by atoms with Gasteiger partial charge in [0.15, 0.2) is 0 Å². The quantitative estimate of drug-likeness (QED) is 0.142. The van der Waals surface area contributed by atoms with Crippen LogP contribution in [0.25, 0.3) is 0 Å². The molecule has 0 spiro atoms. The van der Waals surface area contributed by atoms with Gasteiger partial charge in [-0.1, -0.05) is 24.3 Å². The lowest BCUT2D eigenvalue weighted by Gasteiger charge is -2.40. The third-order valence-corrected chi connectivity index (χ3v) is 7.37. The van der Waals surface area contributed by atoms with Crippen molar-refractivity contribution in [3.63, 3.8) is 0 Å². The van der Waals surface area contributed by atoms with Gasteiger partial charge in [0.1, 0.15) is 17.4 Å². The second kappa shape index (κ2) is 14.3. The standard InChI is InChI=1S/C33H35F2N7OS/c1-4-43-29-15-13-28(14-16-29)38-33(44)40-32(39-31-36-22(2)21-23(3)37-31)42-19-17-41(18-20-42)30(24-5-9-26(34)10-6-24)25-7-11-27(35)12-8-25/h5-16,21,30H,4,17-20H2,1-3H3,(H2,36,37,38,39,40,44). The first kappa shape index (κ1) is 31.0. The molecule has 0 saturated carbocycles. The number of hydrogen-bond acceptors (Lipinski definition) is 5. The Morgan fingerprint density at radius 3 is 1.91 bits per heavy atom. The van der Waals surface area contributed by atoms with Gasteiger partial charge in [-0.3, -0.25) is 10.2 Å². The zero-order chi connectivity index (χ0) is 31.1. The van der Waals surface area contributed by atoms with Crippen molar-refractivity contribution in [3.8, 4) is 5.75 Å². The second-order valence-corrected chi connectivity index (χ2v) is 10.8. The normalized spacial score (nSPS) is 14.0. The van der Waals surface area contributed by atoms with Crippen LogP contribution in [0.15, 0.2) is 83.9 Å². The van der Waals surface area contributed by atoms with E-state index in [1.165, 1.54) is 24.3 Å². The molecule has 5 rings (SSSR count). The highest BCUT2D eigenvalue weighted by Crippen LogP contribution is 2.30. The topological polar surface area (TPSA) is 77.9 Å². The molecule has 2 heterocycles. The Balaban J connectivity index is 1.37. The van der Waals surface area contributed by atoms with Crippen molar-refractivity contribution in [2.45, 2.75) is 26.8 Å². The summed E-state index contributed by atoms with van der Waals surface area (Å²) in [5.41, 5.74) is 4.32. The van der Waals surface area contributed by atoms with Crippen LogP contribution in [-0.4, -0.2) is 63.6 Å². The number of benzene rings is 3. The van der Waals surface area contributed by atoms with Gasteiger partial charge in [0.05, 0.1) is 12.6 Å². The van der Waals surface area contributed by atoms with Crippen LogP contribution in [0.3, 0.4) is 0 Å². The number of thiocarbonyl (C=S) groups is 1. The maximum Gasteiger partial charge on any atom is 0.229 e. The lowest BCUT2D eigenvalue weighted by molar-refractivity contribution is 0.150. The minimum absolute atomic E-state index is 0.170. The Morgan fingerprint density at radius 2 is 1.39 bits per heavy atom. The number of rotatable bonds is 7. The van der Waals surface area contributed by atoms with Crippen molar-refractivity contribution < 1.29 is 13.5 Å². The molecular weight excluding hydrogens is 580 g/mol. The van der Waals surface area contributed by atoms with Crippen molar-refractivity contribution in [1.82, 2.24) is 19.8 Å². The smallest absolute Gasteiger partial charge is 0.229 e. The van der Waals surface area contributed by atoms with Gasteiger partial charge < -0.3 is 15.0 Å². The summed E-state index contributed by atoms with van der Waals surface area (Å²) >= 11 is 5.64. The number of nitrogens with one attached hydrogen (secondary N) is 2. The van der Waals surface area contributed by atoms with Crippen LogP contribution >= 0.6 is 12.2 Å². The molecule has 1 fully saturated rings. The summed E-state index contributed by atoms with van der Waals surface area (Å²) in [5.74, 6) is 1.14. The van der Waals surface area contributed by atoms with Crippen molar-refractivity contribution in [2.24, 2.45) is 4.99 Å². The number of hydrogen-bond donors (Lipinski definition) is 2. The van der Waals surface area contributed by atoms with E-state index in [9.17, 15) is 8.78 Å². The first-order chi connectivity index (χ1) is 21.3. The number of ether oxygens (including phenoxy) is 1. The predicted octanol–water partition coefficient (Wildman–Crippen LogP) is 6.34. The van der Waals surface area contributed by atoms with E-state index in [1.54, 1.807) is 24.3 Å². The van der Waals surface area contributed by atoms with Gasteiger partial charge in [-0.15, -0.1) is 0 Å². The number of aromatic nitrogens is 2. The highest BCUT2D eigenvalue weighted by molar-refractivity contribution is 7.80. The molecule has 1 aliphatic rings. The molecule has 44 heavy (non-hydrogen) atoms. The maximum absolute atomic E-state index is 13.8. The van der Waals surface area contributed by atoms with E-state index in [4.69, 9.17) is 21.9 Å². The average Bonchev–Trinajstić information content (AvgIpc) is 3.00. The molecule has 1 saturated heterocycles. The molecule has 0 aliphatic carbocycles. The number of guanidine groups is 1. The highest BCUT2D eigenvalue weighted by Gasteiger charge is 2.28. The Morgan fingerprint density at radius 1 is 0.841 bits per heavy atom. The lowest BCUT2D eigenvalue weighted by Crippen LogP contribution is -2.52. The fourth-order valence-electron chi connectivity index (χ4n) is 5.20. The molecule has 4 aromatic rings. The molecular formula is C33H35F2N7OS. The predicted molar refractivity (Wildman–Crippen MR) is 174 cm³/mol. The van der Waals surface area contributed by atoms with Gasteiger partial charge in [0.25, 0.3) is 0 Å². The van der Waals surface area contributed by atoms with Gasteiger partial charge in [-0.2, -0.15) is 4.99 Å². The molecule has 3 aromatic carbocycles. The van der Waals surface area contributed by atoms with E-state index in [-0.39, 0.29) is 22.8 Å². The third kappa shape index (κ3) is 8.12. The van der Waals surface area contributed by atoms with Crippen LogP contribution in [0.2, 0.25) is 0 Å². The average molecular weight is 616 g/mol. The zero-order valence-corrected chi connectivity index (χ0v) is 25.7. The van der Waals surface area contributed by atoms with Crippen molar-refractivity contribution in [2.75, 3.05) is 43.4 Å². The van der Waals surface area contributed by atoms with Crippen molar-refractivity contribution >= 4 is 34.9 Å². The molecule has 228 valence electrons. The third-order valence-electron chi connectivity index (χ3n) is 7.18. The Kier molecular flexibility index (Phi) is 10.1. The number of halogens is 2. The van der Waals surface area contributed by atoms with Crippen LogP contribution in [0.4, 0.5) is 20.4 Å². The first-order valence-corrected chi connectivity index (χ1v) is 14.9. The van der Waals surface area contributed by atoms with Crippen LogP contribution < -0.4 is 15.4 Å². The summed E-state index contributed by atoms with van der Waals surface area (Å²) in [5, 5.41) is 6.75. The molecule has 1 aliphatic heterocycles. The van der Waals surface area contributed by atoms with E-state index in [0.29, 0.717) is 44.7 Å². The Bertz CT molecular complexity index is 1520. The van der Waals surface area contributed by atoms with E-state index in [1.807, 2.05) is 51.1 Å². The van der Waals surface area contributed by atoms with Crippen LogP contribution in [0.1, 0.15) is 35.5 Å². The Labute approximate surface area is 261 Å². The molecule has 2 N–H and O–H groups in total. The number of nitrogens with zero attached hydrogens (tertiary/aromatic N) is 5. The second-order valence-electron chi connectivity index (χ2n) is 10.5. The summed E-state index contributed by atoms with van der Waals surface area (Å²) in [6, 6.07) is 22.2. The van der Waals surface area contributed by atoms with Crippen LogP contribution in [-0.2, 0) is 0 Å². The maximum atomic E-state index is 13.8. The minimum atomic E-state index is -0.299. The van der Waals surface area contributed by atoms with Gasteiger partial charge in [0, 0.05) is 43.3 Å². The number of piperazine rings is 1. The summed E-state index contributed by atoms with van der Waals surface area (Å²) in [4.78, 5) is 18.3. The van der Waals surface area contributed by atoms with Crippen molar-refractivity contribution in [1.29, 1.82) is 0 Å². The summed E-state index contributed by atoms with van der Waals surface area (Å²) < 4.78 is 33.1. The summed E-state index contributed by atoms with van der Waals surface area (Å²) in [7, 11) is 0. The number of anilines is 2. The monoisotopic (exact) mass is 615 g/mol. The zero-order valence-electron chi connectivity index (χ0n) is 24.9. The van der Waals surface area contributed by atoms with Crippen LogP contribution in [0.5, 0.6) is 5.75 Å². The fraction of sp³-hybridized carbons (Fsp3) is 0.273. The van der Waals surface area contributed by atoms with E-state index < -0.39 is 0 Å². The number of aliphatic imine (C=N–C) groups is 1. The van der Waals surface area contributed by atoms with E-state index in [0.717, 1.165) is 34.0 Å². The van der Waals surface area contributed by atoms with Crippen molar-refractivity contribution in [3.05, 3.63) is 113 Å². The molecule has 0 radical (unpaired) electrons. The Hall–Kier alpha value is -4.48. The van der Waals surface area contributed by atoms with E-state index in [2.05, 4.69) is 30.4 Å². The molecule has 0 bridgehead atoms. The molecule has 11 heteroatoms. The summed E-state index contributed by atoms with van der Waals surface area (Å²) in [6.45, 7) is 8.90. The van der Waals surface area contributed by atoms with E-state index >= 15 is 0 Å². The van der Waals surface area contributed by atoms with Gasteiger partial charge in [-0.05, 0) is 98.7 Å². The molecule has 1 aromatic heterocycles. The van der Waals surface area contributed by atoms with Gasteiger partial charge in [-0.25, -0.2) is 18.7 Å². The minimum Gasteiger partial charge on any atom is -0.494 e. The highest BCUT2D eigenvalue weighted by atomic mass is 32.1. The lowest BCUT2D eigenvalue weighted by atomic mass is 9.96. The number of aryl methyl sites for hydroxylation is 2.